The molecule has 0 radical (unpaired) electrons. The van der Waals surface area contributed by atoms with Crippen LogP contribution < -0.4 is 10.2 Å². The summed E-state index contributed by atoms with van der Waals surface area (Å²) in [6.45, 7) is 2.03. The average molecular weight is 397 g/mol. The van der Waals surface area contributed by atoms with Gasteiger partial charge in [0, 0.05) is 22.9 Å². The molecule has 1 heterocycles. The fourth-order valence-corrected chi connectivity index (χ4v) is 2.65. The number of benzene rings is 2. The van der Waals surface area contributed by atoms with Gasteiger partial charge < -0.3 is 10.2 Å². The van der Waals surface area contributed by atoms with Crippen molar-refractivity contribution in [2.45, 2.75) is 6.92 Å². The summed E-state index contributed by atoms with van der Waals surface area (Å²) in [5, 5.41) is 11.3. The lowest BCUT2D eigenvalue weighted by atomic mass is 10.2. The highest BCUT2D eigenvalue weighted by molar-refractivity contribution is 9.10. The molecule has 0 saturated carbocycles. The van der Waals surface area contributed by atoms with E-state index in [1.807, 2.05) is 55.5 Å². The SMILES string of the molecule is Cc1ccc(Nc2ccc(C(=O)N(C)c3ccccc3)nn2)cc1Br. The number of nitrogens with zero attached hydrogens (tertiary/aromatic N) is 3. The van der Waals surface area contributed by atoms with E-state index in [9.17, 15) is 4.79 Å². The van der Waals surface area contributed by atoms with Gasteiger partial charge in [0.2, 0.25) is 0 Å². The molecule has 6 heteroatoms. The van der Waals surface area contributed by atoms with Gasteiger partial charge in [-0.2, -0.15) is 0 Å². The first kappa shape index (κ1) is 17.1. The lowest BCUT2D eigenvalue weighted by Crippen LogP contribution is -2.27. The lowest BCUT2D eigenvalue weighted by Gasteiger charge is -2.16. The Labute approximate surface area is 154 Å². The zero-order valence-corrected chi connectivity index (χ0v) is 15.5. The van der Waals surface area contributed by atoms with Crippen molar-refractivity contribution < 1.29 is 4.79 Å². The smallest absolute Gasteiger partial charge is 0.278 e. The summed E-state index contributed by atoms with van der Waals surface area (Å²) in [6, 6.07) is 18.8. The second-order valence-electron chi connectivity index (χ2n) is 5.59. The number of anilines is 3. The molecule has 5 nitrogen and oxygen atoms in total. The summed E-state index contributed by atoms with van der Waals surface area (Å²) in [4.78, 5) is 14.0. The Kier molecular flexibility index (Phi) is 5.09. The largest absolute Gasteiger partial charge is 0.339 e. The van der Waals surface area contributed by atoms with Crippen LogP contribution in [0.1, 0.15) is 16.1 Å². The molecular formula is C19H17BrN4O. The van der Waals surface area contributed by atoms with Crippen LogP contribution in [0.25, 0.3) is 0 Å². The van der Waals surface area contributed by atoms with Crippen LogP contribution in [0.2, 0.25) is 0 Å². The predicted molar refractivity (Wildman–Crippen MR) is 103 cm³/mol. The normalized spacial score (nSPS) is 10.4. The van der Waals surface area contributed by atoms with Gasteiger partial charge >= 0.3 is 0 Å². The van der Waals surface area contributed by atoms with Crippen LogP contribution in [-0.4, -0.2) is 23.2 Å². The number of hydrogen-bond acceptors (Lipinski definition) is 4. The van der Waals surface area contributed by atoms with Crippen molar-refractivity contribution in [3.63, 3.8) is 0 Å². The highest BCUT2D eigenvalue weighted by atomic mass is 79.9. The highest BCUT2D eigenvalue weighted by Crippen LogP contribution is 2.23. The molecule has 25 heavy (non-hydrogen) atoms. The molecule has 0 fully saturated rings. The summed E-state index contributed by atoms with van der Waals surface area (Å²) in [7, 11) is 1.72. The van der Waals surface area contributed by atoms with Crippen LogP contribution in [-0.2, 0) is 0 Å². The summed E-state index contributed by atoms with van der Waals surface area (Å²) in [5.41, 5.74) is 3.15. The fraction of sp³-hybridized carbons (Fsp3) is 0.105. The molecule has 126 valence electrons. The molecule has 1 amide bonds. The first-order chi connectivity index (χ1) is 12.0. The van der Waals surface area contributed by atoms with E-state index in [0.29, 0.717) is 11.5 Å². The van der Waals surface area contributed by atoms with E-state index in [2.05, 4.69) is 31.4 Å². The van der Waals surface area contributed by atoms with E-state index in [-0.39, 0.29) is 5.91 Å². The van der Waals surface area contributed by atoms with Crippen LogP contribution in [0.15, 0.2) is 65.1 Å². The van der Waals surface area contributed by atoms with Gasteiger partial charge in [-0.1, -0.05) is 40.2 Å². The van der Waals surface area contributed by atoms with E-state index in [0.717, 1.165) is 21.4 Å². The number of carbonyl (C=O) groups excluding carboxylic acids is 1. The first-order valence-electron chi connectivity index (χ1n) is 7.74. The van der Waals surface area contributed by atoms with Crippen molar-refractivity contribution in [3.05, 3.63) is 76.4 Å². The maximum atomic E-state index is 12.5. The second kappa shape index (κ2) is 7.44. The summed E-state index contributed by atoms with van der Waals surface area (Å²) < 4.78 is 1.02. The second-order valence-corrected chi connectivity index (χ2v) is 6.45. The standard InChI is InChI=1S/C19H17BrN4O/c1-13-8-9-14(12-16(13)20)21-18-11-10-17(22-23-18)19(25)24(2)15-6-4-3-5-7-15/h3-12H,1-2H3,(H,21,23). The van der Waals surface area contributed by atoms with E-state index < -0.39 is 0 Å². The van der Waals surface area contributed by atoms with Crippen LogP contribution in [0, 0.1) is 6.92 Å². The molecule has 2 aromatic carbocycles. The van der Waals surface area contributed by atoms with Crippen LogP contribution in [0.5, 0.6) is 0 Å². The zero-order valence-electron chi connectivity index (χ0n) is 13.9. The van der Waals surface area contributed by atoms with Crippen molar-refractivity contribution in [3.8, 4) is 0 Å². The molecule has 3 aromatic rings. The molecule has 0 aliphatic heterocycles. The third-order valence-electron chi connectivity index (χ3n) is 3.78. The Morgan fingerprint density at radius 1 is 1.04 bits per heavy atom. The molecule has 0 unspecified atom stereocenters. The maximum Gasteiger partial charge on any atom is 0.278 e. The molecule has 0 bridgehead atoms. The Morgan fingerprint density at radius 2 is 1.80 bits per heavy atom. The maximum absolute atomic E-state index is 12.5. The van der Waals surface area contributed by atoms with Gasteiger partial charge in [0.05, 0.1) is 0 Å². The number of amides is 1. The van der Waals surface area contributed by atoms with Crippen molar-refractivity contribution >= 4 is 39.0 Å². The van der Waals surface area contributed by atoms with Crippen molar-refractivity contribution in [1.29, 1.82) is 0 Å². The van der Waals surface area contributed by atoms with Gasteiger partial charge in [-0.05, 0) is 48.9 Å². The topological polar surface area (TPSA) is 58.1 Å². The van der Waals surface area contributed by atoms with Gasteiger partial charge in [0.15, 0.2) is 11.5 Å². The lowest BCUT2D eigenvalue weighted by molar-refractivity contribution is 0.0987. The number of para-hydroxylation sites is 1. The van der Waals surface area contributed by atoms with E-state index in [4.69, 9.17) is 0 Å². The van der Waals surface area contributed by atoms with Gasteiger partial charge in [-0.25, -0.2) is 0 Å². The third-order valence-corrected chi connectivity index (χ3v) is 4.63. The van der Waals surface area contributed by atoms with E-state index in [1.54, 1.807) is 24.1 Å². The average Bonchev–Trinajstić information content (AvgIpc) is 2.65. The first-order valence-corrected chi connectivity index (χ1v) is 8.54. The van der Waals surface area contributed by atoms with E-state index in [1.165, 1.54) is 0 Å². The number of halogens is 1. The number of nitrogens with one attached hydrogen (secondary N) is 1. The minimum atomic E-state index is -0.205. The number of aromatic nitrogens is 2. The molecule has 0 spiro atoms. The fourth-order valence-electron chi connectivity index (χ4n) is 2.27. The quantitative estimate of drug-likeness (QED) is 0.701. The van der Waals surface area contributed by atoms with Gasteiger partial charge in [0.1, 0.15) is 0 Å². The summed E-state index contributed by atoms with van der Waals surface area (Å²) in [5.74, 6) is 0.373. The Balaban J connectivity index is 1.73. The Bertz CT molecular complexity index is 882. The molecular weight excluding hydrogens is 380 g/mol. The van der Waals surface area contributed by atoms with Gasteiger partial charge in [-0.15, -0.1) is 10.2 Å². The highest BCUT2D eigenvalue weighted by Gasteiger charge is 2.15. The summed E-state index contributed by atoms with van der Waals surface area (Å²) >= 11 is 3.50. The van der Waals surface area contributed by atoms with Gasteiger partial charge in [-0.3, -0.25) is 4.79 Å². The van der Waals surface area contributed by atoms with Crippen LogP contribution >= 0.6 is 15.9 Å². The van der Waals surface area contributed by atoms with E-state index >= 15 is 0 Å². The molecule has 1 aromatic heterocycles. The third kappa shape index (κ3) is 4.03. The monoisotopic (exact) mass is 396 g/mol. The van der Waals surface area contributed by atoms with Crippen LogP contribution in [0.4, 0.5) is 17.2 Å². The predicted octanol–water partition coefficient (Wildman–Crippen LogP) is 4.57. The van der Waals surface area contributed by atoms with Crippen molar-refractivity contribution in [2.75, 3.05) is 17.3 Å². The number of hydrogen-bond donors (Lipinski definition) is 1. The molecule has 3 rings (SSSR count). The van der Waals surface area contributed by atoms with Crippen molar-refractivity contribution in [1.82, 2.24) is 10.2 Å². The molecule has 0 aliphatic rings. The molecule has 0 aliphatic carbocycles. The number of aryl methyl sites for hydroxylation is 1. The van der Waals surface area contributed by atoms with Gasteiger partial charge in [0.25, 0.3) is 5.91 Å². The summed E-state index contributed by atoms with van der Waals surface area (Å²) in [6.07, 6.45) is 0. The van der Waals surface area contributed by atoms with Crippen molar-refractivity contribution in [2.24, 2.45) is 0 Å². The molecule has 1 N–H and O–H groups in total. The van der Waals surface area contributed by atoms with Crippen LogP contribution in [0.3, 0.4) is 0 Å². The Morgan fingerprint density at radius 3 is 2.44 bits per heavy atom. The zero-order chi connectivity index (χ0) is 17.8. The minimum absolute atomic E-state index is 0.205. The minimum Gasteiger partial charge on any atom is -0.339 e. The molecule has 0 saturated heterocycles. The molecule has 0 atom stereocenters. The number of rotatable bonds is 4. The number of carbonyl (C=O) groups is 1. The Hall–Kier alpha value is -2.73.